The molecule has 0 saturated carbocycles. The molecule has 0 radical (unpaired) electrons. The molecule has 0 aliphatic carbocycles. The molecule has 126 valence electrons. The van der Waals surface area contributed by atoms with Gasteiger partial charge in [-0.15, -0.1) is 0 Å². The van der Waals surface area contributed by atoms with Crippen LogP contribution in [0.3, 0.4) is 0 Å². The average Bonchev–Trinajstić information content (AvgIpc) is 2.63. The Morgan fingerprint density at radius 3 is 2.60 bits per heavy atom. The number of carbonyl (C=O) groups is 1. The minimum atomic E-state index is -0.148. The predicted molar refractivity (Wildman–Crippen MR) is 101 cm³/mol. The largest absolute Gasteiger partial charge is 0.348 e. The van der Waals surface area contributed by atoms with Crippen LogP contribution < -0.4 is 10.6 Å². The Hall–Kier alpha value is -2.85. The van der Waals surface area contributed by atoms with Crippen molar-refractivity contribution in [3.63, 3.8) is 0 Å². The number of hydrogen-bond donors (Lipinski definition) is 2. The molecule has 0 atom stereocenters. The maximum absolute atomic E-state index is 12.4. The number of rotatable bonds is 5. The van der Waals surface area contributed by atoms with Crippen LogP contribution in [0.2, 0.25) is 5.02 Å². The minimum absolute atomic E-state index is 0.148. The Labute approximate surface area is 151 Å². The number of benzene rings is 2. The lowest BCUT2D eigenvalue weighted by molar-refractivity contribution is 0.0951. The second-order valence-electron chi connectivity index (χ2n) is 5.68. The molecule has 2 aromatic carbocycles. The van der Waals surface area contributed by atoms with E-state index in [-0.39, 0.29) is 5.91 Å². The number of halogens is 1. The van der Waals surface area contributed by atoms with Crippen LogP contribution in [0.5, 0.6) is 0 Å². The number of aromatic nitrogens is 1. The van der Waals surface area contributed by atoms with Gasteiger partial charge in [-0.05, 0) is 48.4 Å². The predicted octanol–water partition coefficient (Wildman–Crippen LogP) is 4.72. The van der Waals surface area contributed by atoms with Crippen molar-refractivity contribution < 1.29 is 4.79 Å². The van der Waals surface area contributed by atoms with Crippen molar-refractivity contribution in [2.45, 2.75) is 13.5 Å². The third-order valence-electron chi connectivity index (χ3n) is 3.80. The molecule has 0 bridgehead atoms. The second-order valence-corrected chi connectivity index (χ2v) is 6.12. The van der Waals surface area contributed by atoms with Crippen molar-refractivity contribution in [1.82, 2.24) is 10.3 Å². The van der Waals surface area contributed by atoms with Gasteiger partial charge in [0.1, 0.15) is 5.82 Å². The van der Waals surface area contributed by atoms with E-state index in [1.807, 2.05) is 43.3 Å². The molecule has 0 spiro atoms. The van der Waals surface area contributed by atoms with Gasteiger partial charge in [0.2, 0.25) is 0 Å². The maximum Gasteiger partial charge on any atom is 0.251 e. The summed E-state index contributed by atoms with van der Waals surface area (Å²) in [5.41, 5.74) is 3.63. The molecule has 1 amide bonds. The van der Waals surface area contributed by atoms with E-state index in [0.29, 0.717) is 22.9 Å². The Kier molecular flexibility index (Phi) is 5.31. The number of para-hydroxylation sites is 1. The maximum atomic E-state index is 12.4. The molecule has 0 fully saturated rings. The van der Waals surface area contributed by atoms with Crippen LogP contribution in [-0.2, 0) is 6.54 Å². The number of pyridine rings is 1. The molecule has 0 aliphatic heterocycles. The third kappa shape index (κ3) is 4.58. The molecule has 1 heterocycles. The van der Waals surface area contributed by atoms with Crippen molar-refractivity contribution in [2.24, 2.45) is 0 Å². The lowest BCUT2D eigenvalue weighted by atomic mass is 10.2. The summed E-state index contributed by atoms with van der Waals surface area (Å²) in [6.45, 7) is 2.46. The zero-order chi connectivity index (χ0) is 17.6. The first-order chi connectivity index (χ1) is 12.1. The highest BCUT2D eigenvalue weighted by Crippen LogP contribution is 2.19. The average molecular weight is 352 g/mol. The van der Waals surface area contributed by atoms with Crippen LogP contribution in [0.1, 0.15) is 21.5 Å². The topological polar surface area (TPSA) is 54.0 Å². The van der Waals surface area contributed by atoms with Crippen molar-refractivity contribution in [1.29, 1.82) is 0 Å². The fourth-order valence-corrected chi connectivity index (χ4v) is 2.50. The molecule has 3 aromatic rings. The van der Waals surface area contributed by atoms with Gasteiger partial charge in [-0.25, -0.2) is 4.98 Å². The van der Waals surface area contributed by atoms with E-state index in [0.717, 1.165) is 16.8 Å². The van der Waals surface area contributed by atoms with Crippen molar-refractivity contribution in [3.05, 3.63) is 88.6 Å². The summed E-state index contributed by atoms with van der Waals surface area (Å²) in [6, 6.07) is 18.8. The summed E-state index contributed by atoms with van der Waals surface area (Å²) < 4.78 is 0. The van der Waals surface area contributed by atoms with E-state index in [9.17, 15) is 4.79 Å². The molecular weight excluding hydrogens is 334 g/mol. The molecule has 0 aliphatic rings. The highest BCUT2D eigenvalue weighted by molar-refractivity contribution is 6.30. The minimum Gasteiger partial charge on any atom is -0.348 e. The van der Waals surface area contributed by atoms with Gasteiger partial charge in [0.15, 0.2) is 0 Å². The van der Waals surface area contributed by atoms with Gasteiger partial charge in [-0.2, -0.15) is 0 Å². The van der Waals surface area contributed by atoms with Crippen molar-refractivity contribution in [3.8, 4) is 0 Å². The molecule has 4 nitrogen and oxygen atoms in total. The van der Waals surface area contributed by atoms with Crippen LogP contribution in [0.25, 0.3) is 0 Å². The lowest BCUT2D eigenvalue weighted by Gasteiger charge is -2.10. The first-order valence-electron chi connectivity index (χ1n) is 7.93. The van der Waals surface area contributed by atoms with Gasteiger partial charge in [0.05, 0.1) is 0 Å². The lowest BCUT2D eigenvalue weighted by Crippen LogP contribution is -2.22. The molecule has 5 heteroatoms. The SMILES string of the molecule is Cc1ccccc1Nc1cc(C(=O)NCc2ccc(Cl)cc2)ccn1. The van der Waals surface area contributed by atoms with Gasteiger partial charge in [-0.3, -0.25) is 4.79 Å². The monoisotopic (exact) mass is 351 g/mol. The highest BCUT2D eigenvalue weighted by Gasteiger charge is 2.07. The molecule has 3 rings (SSSR count). The molecule has 2 N–H and O–H groups in total. The second kappa shape index (κ2) is 7.81. The van der Waals surface area contributed by atoms with E-state index in [1.54, 1.807) is 30.5 Å². The smallest absolute Gasteiger partial charge is 0.251 e. The summed E-state index contributed by atoms with van der Waals surface area (Å²) in [6.07, 6.45) is 1.62. The van der Waals surface area contributed by atoms with Crippen LogP contribution in [0.15, 0.2) is 66.9 Å². The Balaban J connectivity index is 1.67. The van der Waals surface area contributed by atoms with Gasteiger partial charge < -0.3 is 10.6 Å². The number of amides is 1. The first-order valence-corrected chi connectivity index (χ1v) is 8.31. The number of nitrogens with one attached hydrogen (secondary N) is 2. The van der Waals surface area contributed by atoms with E-state index < -0.39 is 0 Å². The quantitative estimate of drug-likeness (QED) is 0.699. The van der Waals surface area contributed by atoms with Gasteiger partial charge in [-0.1, -0.05) is 41.9 Å². The summed E-state index contributed by atoms with van der Waals surface area (Å²) in [4.78, 5) is 16.6. The normalized spacial score (nSPS) is 10.3. The molecule has 1 aromatic heterocycles. The Morgan fingerprint density at radius 1 is 1.08 bits per heavy atom. The Morgan fingerprint density at radius 2 is 1.84 bits per heavy atom. The zero-order valence-electron chi connectivity index (χ0n) is 13.8. The molecule has 0 unspecified atom stereocenters. The van der Waals surface area contributed by atoms with Crippen molar-refractivity contribution in [2.75, 3.05) is 5.32 Å². The van der Waals surface area contributed by atoms with E-state index in [1.165, 1.54) is 0 Å². The Bertz CT molecular complexity index is 878. The van der Waals surface area contributed by atoms with Crippen LogP contribution in [-0.4, -0.2) is 10.9 Å². The van der Waals surface area contributed by atoms with E-state index >= 15 is 0 Å². The van der Waals surface area contributed by atoms with E-state index in [2.05, 4.69) is 15.6 Å². The van der Waals surface area contributed by atoms with Crippen LogP contribution in [0, 0.1) is 6.92 Å². The first kappa shape index (κ1) is 17.0. The summed E-state index contributed by atoms with van der Waals surface area (Å²) in [5.74, 6) is 0.485. The molecule has 25 heavy (non-hydrogen) atoms. The third-order valence-corrected chi connectivity index (χ3v) is 4.05. The summed E-state index contributed by atoms with van der Waals surface area (Å²) in [7, 11) is 0. The summed E-state index contributed by atoms with van der Waals surface area (Å²) in [5, 5.41) is 6.82. The number of aryl methyl sites for hydroxylation is 1. The summed E-state index contributed by atoms with van der Waals surface area (Å²) >= 11 is 5.86. The highest BCUT2D eigenvalue weighted by atomic mass is 35.5. The molecular formula is C20H18ClN3O. The number of anilines is 2. The number of carbonyl (C=O) groups excluding carboxylic acids is 1. The van der Waals surface area contributed by atoms with Gasteiger partial charge in [0, 0.05) is 29.0 Å². The number of hydrogen-bond acceptors (Lipinski definition) is 3. The van der Waals surface area contributed by atoms with E-state index in [4.69, 9.17) is 11.6 Å². The zero-order valence-corrected chi connectivity index (χ0v) is 14.5. The molecule has 0 saturated heterocycles. The standard InChI is InChI=1S/C20H18ClN3O/c1-14-4-2-3-5-18(14)24-19-12-16(10-11-22-19)20(25)23-13-15-6-8-17(21)9-7-15/h2-12H,13H2,1H3,(H,22,24)(H,23,25). The fraction of sp³-hybridized carbons (Fsp3) is 0.100. The van der Waals surface area contributed by atoms with Gasteiger partial charge >= 0.3 is 0 Å². The fourth-order valence-electron chi connectivity index (χ4n) is 2.38. The van der Waals surface area contributed by atoms with Crippen molar-refractivity contribution >= 4 is 29.0 Å². The van der Waals surface area contributed by atoms with Crippen LogP contribution in [0.4, 0.5) is 11.5 Å². The van der Waals surface area contributed by atoms with Crippen LogP contribution >= 0.6 is 11.6 Å². The number of nitrogens with zero attached hydrogens (tertiary/aromatic N) is 1. The van der Waals surface area contributed by atoms with Gasteiger partial charge in [0.25, 0.3) is 5.91 Å².